The van der Waals surface area contributed by atoms with Gasteiger partial charge in [-0.25, -0.2) is 9.78 Å². The van der Waals surface area contributed by atoms with Gasteiger partial charge in [0.05, 0.1) is 5.56 Å². The van der Waals surface area contributed by atoms with Gasteiger partial charge in [-0.15, -0.1) is 0 Å². The van der Waals surface area contributed by atoms with E-state index in [1.807, 2.05) is 0 Å². The van der Waals surface area contributed by atoms with Crippen LogP contribution >= 0.6 is 11.6 Å². The number of rotatable bonds is 3. The lowest BCUT2D eigenvalue weighted by atomic mass is 9.91. The van der Waals surface area contributed by atoms with Crippen molar-refractivity contribution >= 4 is 23.4 Å². The number of hydrogen-bond donors (Lipinski definition) is 3. The highest BCUT2D eigenvalue weighted by atomic mass is 35.5. The normalized spacial score (nSPS) is 23.7. The van der Waals surface area contributed by atoms with Gasteiger partial charge in [0, 0.05) is 12.1 Å². The Kier molecular flexibility index (Phi) is 4.04. The minimum Gasteiger partial charge on any atom is -0.478 e. The quantitative estimate of drug-likeness (QED) is 0.732. The van der Waals surface area contributed by atoms with Crippen molar-refractivity contribution in [2.24, 2.45) is 5.73 Å². The van der Waals surface area contributed by atoms with Crippen molar-refractivity contribution < 1.29 is 9.90 Å². The van der Waals surface area contributed by atoms with Gasteiger partial charge in [-0.05, 0) is 25.0 Å². The number of hydrogen-bond acceptors (Lipinski definition) is 4. The molecule has 1 fully saturated rings. The molecule has 1 aliphatic carbocycles. The first-order chi connectivity index (χ1) is 8.56. The fourth-order valence-electron chi connectivity index (χ4n) is 2.22. The lowest BCUT2D eigenvalue weighted by Gasteiger charge is -2.29. The summed E-state index contributed by atoms with van der Waals surface area (Å²) in [5, 5.41) is 12.3. The molecule has 0 bridgehead atoms. The maximum absolute atomic E-state index is 10.9. The predicted octanol–water partition coefficient (Wildman–Crippen LogP) is 2.12. The average molecular weight is 270 g/mol. The molecule has 0 amide bonds. The minimum absolute atomic E-state index is 0.0767. The van der Waals surface area contributed by atoms with Crippen molar-refractivity contribution in [1.82, 2.24) is 4.98 Å². The number of nitrogens with two attached hydrogens (primary N) is 1. The Morgan fingerprint density at radius 2 is 2.17 bits per heavy atom. The Bertz CT molecular complexity index is 453. The number of nitrogens with one attached hydrogen (secondary N) is 1. The molecule has 2 unspecified atom stereocenters. The van der Waals surface area contributed by atoms with Crippen LogP contribution in [0.1, 0.15) is 36.0 Å². The second kappa shape index (κ2) is 5.54. The van der Waals surface area contributed by atoms with Gasteiger partial charge in [0.15, 0.2) is 0 Å². The molecule has 4 N–H and O–H groups in total. The van der Waals surface area contributed by atoms with Gasteiger partial charge in [0.1, 0.15) is 11.0 Å². The first-order valence-electron chi connectivity index (χ1n) is 5.99. The molecule has 1 aliphatic rings. The standard InChI is InChI=1S/C12H16ClN3O2/c13-10-5-7(12(17)18)6-11(16-10)15-9-4-2-1-3-8(9)14/h5-6,8-9H,1-4,14H2,(H,15,16)(H,17,18). The molecule has 0 radical (unpaired) electrons. The van der Waals surface area contributed by atoms with Crippen LogP contribution < -0.4 is 11.1 Å². The molecule has 0 spiro atoms. The van der Waals surface area contributed by atoms with E-state index in [9.17, 15) is 4.79 Å². The second-order valence-electron chi connectivity index (χ2n) is 4.57. The third-order valence-electron chi connectivity index (χ3n) is 3.19. The molecule has 6 heteroatoms. The van der Waals surface area contributed by atoms with Crippen LogP contribution in [0.2, 0.25) is 5.15 Å². The molecule has 18 heavy (non-hydrogen) atoms. The monoisotopic (exact) mass is 269 g/mol. The summed E-state index contributed by atoms with van der Waals surface area (Å²) in [6, 6.07) is 3.02. The average Bonchev–Trinajstić information content (AvgIpc) is 2.31. The molecular weight excluding hydrogens is 254 g/mol. The lowest BCUT2D eigenvalue weighted by molar-refractivity contribution is 0.0697. The fourth-order valence-corrected chi connectivity index (χ4v) is 2.43. The molecule has 0 aliphatic heterocycles. The first kappa shape index (κ1) is 13.1. The summed E-state index contributed by atoms with van der Waals surface area (Å²) in [7, 11) is 0. The van der Waals surface area contributed by atoms with Crippen LogP contribution in [0.5, 0.6) is 0 Å². The van der Waals surface area contributed by atoms with Crippen LogP contribution in [0.3, 0.4) is 0 Å². The molecule has 1 aromatic heterocycles. The van der Waals surface area contributed by atoms with E-state index >= 15 is 0 Å². The van der Waals surface area contributed by atoms with E-state index in [1.165, 1.54) is 12.1 Å². The zero-order chi connectivity index (χ0) is 13.1. The molecule has 0 saturated heterocycles. The topological polar surface area (TPSA) is 88.2 Å². The number of aromatic nitrogens is 1. The van der Waals surface area contributed by atoms with E-state index in [-0.39, 0.29) is 22.8 Å². The largest absolute Gasteiger partial charge is 0.478 e. The number of carboxylic acids is 1. The summed E-state index contributed by atoms with van der Waals surface area (Å²) in [6.07, 6.45) is 4.21. The number of carboxylic acid groups (broad SMARTS) is 1. The summed E-state index contributed by atoms with van der Waals surface area (Å²) in [6.45, 7) is 0. The van der Waals surface area contributed by atoms with Crippen molar-refractivity contribution in [1.29, 1.82) is 0 Å². The fraction of sp³-hybridized carbons (Fsp3) is 0.500. The smallest absolute Gasteiger partial charge is 0.335 e. The Morgan fingerprint density at radius 1 is 1.44 bits per heavy atom. The molecule has 98 valence electrons. The van der Waals surface area contributed by atoms with Crippen molar-refractivity contribution in [2.75, 3.05) is 5.32 Å². The van der Waals surface area contributed by atoms with E-state index in [2.05, 4.69) is 10.3 Å². The van der Waals surface area contributed by atoms with Crippen molar-refractivity contribution in [3.8, 4) is 0 Å². The molecule has 5 nitrogen and oxygen atoms in total. The highest BCUT2D eigenvalue weighted by Crippen LogP contribution is 2.22. The number of halogens is 1. The predicted molar refractivity (Wildman–Crippen MR) is 70.1 cm³/mol. The van der Waals surface area contributed by atoms with Gasteiger partial charge >= 0.3 is 5.97 Å². The molecule has 1 aromatic rings. The summed E-state index contributed by atoms with van der Waals surface area (Å²) in [5.74, 6) is -0.544. The number of aromatic carboxylic acids is 1. The number of carbonyl (C=O) groups is 1. The van der Waals surface area contributed by atoms with Crippen LogP contribution in [0.4, 0.5) is 5.82 Å². The Labute approximate surface area is 110 Å². The highest BCUT2D eigenvalue weighted by Gasteiger charge is 2.22. The van der Waals surface area contributed by atoms with Gasteiger partial charge in [-0.1, -0.05) is 24.4 Å². The number of anilines is 1. The van der Waals surface area contributed by atoms with Crippen LogP contribution in [0.25, 0.3) is 0 Å². The van der Waals surface area contributed by atoms with Crippen LogP contribution in [0, 0.1) is 0 Å². The molecular formula is C12H16ClN3O2. The SMILES string of the molecule is NC1CCCCC1Nc1cc(C(=O)O)cc(Cl)n1. The third kappa shape index (κ3) is 3.11. The number of pyridine rings is 1. The Balaban J connectivity index is 2.15. The van der Waals surface area contributed by atoms with Gasteiger partial charge in [0.25, 0.3) is 0 Å². The zero-order valence-electron chi connectivity index (χ0n) is 9.90. The van der Waals surface area contributed by atoms with Gasteiger partial charge in [-0.3, -0.25) is 0 Å². The maximum Gasteiger partial charge on any atom is 0.335 e. The lowest BCUT2D eigenvalue weighted by Crippen LogP contribution is -2.42. The van der Waals surface area contributed by atoms with E-state index in [1.54, 1.807) is 0 Å². The van der Waals surface area contributed by atoms with Crippen LogP contribution in [0.15, 0.2) is 12.1 Å². The third-order valence-corrected chi connectivity index (χ3v) is 3.39. The van der Waals surface area contributed by atoms with Crippen molar-refractivity contribution in [3.63, 3.8) is 0 Å². The van der Waals surface area contributed by atoms with E-state index in [0.717, 1.165) is 25.7 Å². The van der Waals surface area contributed by atoms with Crippen molar-refractivity contribution in [3.05, 3.63) is 22.8 Å². The van der Waals surface area contributed by atoms with Gasteiger partial charge < -0.3 is 16.2 Å². The zero-order valence-corrected chi connectivity index (χ0v) is 10.7. The van der Waals surface area contributed by atoms with Crippen LogP contribution in [-0.4, -0.2) is 28.1 Å². The summed E-state index contributed by atoms with van der Waals surface area (Å²) in [4.78, 5) is 15.0. The maximum atomic E-state index is 10.9. The van der Waals surface area contributed by atoms with E-state index in [0.29, 0.717) is 5.82 Å². The summed E-state index contributed by atoms with van der Waals surface area (Å²) >= 11 is 5.80. The summed E-state index contributed by atoms with van der Waals surface area (Å²) in [5.41, 5.74) is 6.15. The second-order valence-corrected chi connectivity index (χ2v) is 4.96. The van der Waals surface area contributed by atoms with Gasteiger partial charge in [-0.2, -0.15) is 0 Å². The summed E-state index contributed by atoms with van der Waals surface area (Å²) < 4.78 is 0. The minimum atomic E-state index is -1.02. The highest BCUT2D eigenvalue weighted by molar-refractivity contribution is 6.29. The number of nitrogens with zero attached hydrogens (tertiary/aromatic N) is 1. The molecule has 1 heterocycles. The Morgan fingerprint density at radius 3 is 2.83 bits per heavy atom. The first-order valence-corrected chi connectivity index (χ1v) is 6.37. The Hall–Kier alpha value is -1.33. The van der Waals surface area contributed by atoms with Gasteiger partial charge in [0.2, 0.25) is 0 Å². The van der Waals surface area contributed by atoms with E-state index in [4.69, 9.17) is 22.4 Å². The molecule has 0 aromatic carbocycles. The van der Waals surface area contributed by atoms with E-state index < -0.39 is 5.97 Å². The van der Waals surface area contributed by atoms with Crippen molar-refractivity contribution in [2.45, 2.75) is 37.8 Å². The van der Waals surface area contributed by atoms with Crippen LogP contribution in [-0.2, 0) is 0 Å². The molecule has 2 rings (SSSR count). The molecule has 1 saturated carbocycles. The molecule has 2 atom stereocenters.